The zero-order valence-electron chi connectivity index (χ0n) is 6.44. The molecule has 2 rings (SSSR count). The molecule has 2 aromatic heterocycles. The second kappa shape index (κ2) is 3.02. The zero-order valence-corrected chi connectivity index (χ0v) is 7.19. The Kier molecular flexibility index (Phi) is 1.86. The number of nitrogens with two attached hydrogens (primary N) is 1. The summed E-state index contributed by atoms with van der Waals surface area (Å²) in [6.45, 7) is 0. The molecule has 6 heteroatoms. The van der Waals surface area contributed by atoms with Crippen LogP contribution in [0.1, 0.15) is 0 Å². The number of halogens is 1. The highest BCUT2D eigenvalue weighted by Gasteiger charge is 2.11. The lowest BCUT2D eigenvalue weighted by Crippen LogP contribution is -1.96. The second-order valence-electron chi connectivity index (χ2n) is 2.31. The first-order valence-corrected chi connectivity index (χ1v) is 3.83. The number of aromatic nitrogens is 3. The van der Waals surface area contributed by atoms with E-state index in [0.29, 0.717) is 11.3 Å². The average molecular weight is 197 g/mol. The van der Waals surface area contributed by atoms with Gasteiger partial charge in [-0.05, 0) is 0 Å². The number of nitrogens with zero attached hydrogens (tertiary/aromatic N) is 3. The third kappa shape index (κ3) is 1.33. The molecule has 0 amide bonds. The summed E-state index contributed by atoms with van der Waals surface area (Å²) >= 11 is 5.81. The van der Waals surface area contributed by atoms with Gasteiger partial charge in [0.05, 0.1) is 5.56 Å². The van der Waals surface area contributed by atoms with E-state index in [0.717, 1.165) is 0 Å². The Morgan fingerprint density at radius 2 is 2.23 bits per heavy atom. The van der Waals surface area contributed by atoms with Gasteiger partial charge in [0.15, 0.2) is 0 Å². The number of anilines is 1. The van der Waals surface area contributed by atoms with Crippen LogP contribution in [0.15, 0.2) is 23.2 Å². The third-order valence-corrected chi connectivity index (χ3v) is 1.81. The molecule has 0 spiro atoms. The van der Waals surface area contributed by atoms with E-state index in [4.69, 9.17) is 17.3 Å². The van der Waals surface area contributed by atoms with Gasteiger partial charge in [-0.1, -0.05) is 16.8 Å². The van der Waals surface area contributed by atoms with Crippen molar-refractivity contribution in [3.05, 3.63) is 23.8 Å². The molecular weight excluding hydrogens is 192 g/mol. The van der Waals surface area contributed by atoms with Gasteiger partial charge in [0.2, 0.25) is 0 Å². The molecule has 0 aromatic carbocycles. The molecule has 0 fully saturated rings. The SMILES string of the molecule is Nc1ncnc(Cl)c1-c1ccon1. The van der Waals surface area contributed by atoms with E-state index in [-0.39, 0.29) is 11.0 Å². The van der Waals surface area contributed by atoms with Gasteiger partial charge in [-0.15, -0.1) is 0 Å². The number of hydrogen-bond donors (Lipinski definition) is 1. The van der Waals surface area contributed by atoms with E-state index in [2.05, 4.69) is 19.6 Å². The van der Waals surface area contributed by atoms with E-state index in [1.54, 1.807) is 6.07 Å². The van der Waals surface area contributed by atoms with Crippen LogP contribution in [0.25, 0.3) is 11.3 Å². The van der Waals surface area contributed by atoms with E-state index in [9.17, 15) is 0 Å². The van der Waals surface area contributed by atoms with E-state index < -0.39 is 0 Å². The van der Waals surface area contributed by atoms with E-state index in [1.807, 2.05) is 0 Å². The molecule has 0 unspecified atom stereocenters. The minimum absolute atomic E-state index is 0.265. The first-order chi connectivity index (χ1) is 6.29. The van der Waals surface area contributed by atoms with Gasteiger partial charge in [0.1, 0.15) is 29.3 Å². The van der Waals surface area contributed by atoms with E-state index in [1.165, 1.54) is 12.6 Å². The van der Waals surface area contributed by atoms with Gasteiger partial charge in [0, 0.05) is 6.07 Å². The smallest absolute Gasteiger partial charge is 0.144 e. The number of rotatable bonds is 1. The Bertz CT molecular complexity index is 394. The molecule has 13 heavy (non-hydrogen) atoms. The highest BCUT2D eigenvalue weighted by molar-refractivity contribution is 6.32. The van der Waals surface area contributed by atoms with Crippen LogP contribution in [0.5, 0.6) is 0 Å². The van der Waals surface area contributed by atoms with Crippen molar-refractivity contribution in [3.8, 4) is 11.3 Å². The molecule has 5 nitrogen and oxygen atoms in total. The summed E-state index contributed by atoms with van der Waals surface area (Å²) in [5, 5.41) is 3.95. The number of hydrogen-bond acceptors (Lipinski definition) is 5. The van der Waals surface area contributed by atoms with Crippen molar-refractivity contribution >= 4 is 17.4 Å². The average Bonchev–Trinajstić information content (AvgIpc) is 2.57. The summed E-state index contributed by atoms with van der Waals surface area (Å²) in [5.74, 6) is 0.286. The predicted octanol–water partition coefficient (Wildman–Crippen LogP) is 1.37. The highest BCUT2D eigenvalue weighted by atomic mass is 35.5. The van der Waals surface area contributed by atoms with Crippen LogP contribution >= 0.6 is 11.6 Å². The monoisotopic (exact) mass is 196 g/mol. The normalized spacial score (nSPS) is 10.2. The number of nitrogen functional groups attached to an aromatic ring is 1. The molecule has 0 aliphatic rings. The van der Waals surface area contributed by atoms with E-state index >= 15 is 0 Å². The maximum atomic E-state index is 5.81. The molecule has 0 aliphatic heterocycles. The molecule has 2 N–H and O–H groups in total. The topological polar surface area (TPSA) is 77.8 Å². The Morgan fingerprint density at radius 1 is 1.38 bits per heavy atom. The van der Waals surface area contributed by atoms with Crippen LogP contribution in [0.3, 0.4) is 0 Å². The molecule has 0 atom stereocenters. The van der Waals surface area contributed by atoms with Gasteiger partial charge in [-0.25, -0.2) is 9.97 Å². The van der Waals surface area contributed by atoms with Crippen molar-refractivity contribution in [2.45, 2.75) is 0 Å². The molecule has 0 saturated carbocycles. The molecular formula is C7H5ClN4O. The summed E-state index contributed by atoms with van der Waals surface area (Å²) in [6.07, 6.45) is 2.72. The summed E-state index contributed by atoms with van der Waals surface area (Å²) in [7, 11) is 0. The van der Waals surface area contributed by atoms with Gasteiger partial charge < -0.3 is 10.3 Å². The van der Waals surface area contributed by atoms with Crippen LogP contribution in [0, 0.1) is 0 Å². The summed E-state index contributed by atoms with van der Waals surface area (Å²) in [5.41, 5.74) is 6.62. The van der Waals surface area contributed by atoms with Gasteiger partial charge >= 0.3 is 0 Å². The largest absolute Gasteiger partial charge is 0.383 e. The molecule has 0 bridgehead atoms. The van der Waals surface area contributed by atoms with Crippen molar-refractivity contribution in [2.24, 2.45) is 0 Å². The van der Waals surface area contributed by atoms with Crippen LogP contribution < -0.4 is 5.73 Å². The van der Waals surface area contributed by atoms with Gasteiger partial charge in [-0.2, -0.15) is 0 Å². The summed E-state index contributed by atoms with van der Waals surface area (Å²) in [4.78, 5) is 7.59. The molecule has 0 radical (unpaired) electrons. The third-order valence-electron chi connectivity index (χ3n) is 1.52. The van der Waals surface area contributed by atoms with Crippen molar-refractivity contribution in [1.29, 1.82) is 0 Å². The fourth-order valence-electron chi connectivity index (χ4n) is 0.955. The first-order valence-electron chi connectivity index (χ1n) is 3.46. The summed E-state index contributed by atoms with van der Waals surface area (Å²) < 4.78 is 4.66. The molecule has 0 saturated heterocycles. The Morgan fingerprint density at radius 3 is 2.85 bits per heavy atom. The van der Waals surface area contributed by atoms with Gasteiger partial charge in [0.25, 0.3) is 0 Å². The standard InChI is InChI=1S/C7H5ClN4O/c8-6-5(4-1-2-13-12-4)7(9)11-3-10-6/h1-3H,(H2,9,10,11). The Hall–Kier alpha value is -1.62. The predicted molar refractivity (Wildman–Crippen MR) is 47.0 cm³/mol. The Balaban J connectivity index is 2.64. The molecule has 2 heterocycles. The quantitative estimate of drug-likeness (QED) is 0.697. The summed E-state index contributed by atoms with van der Waals surface area (Å²) in [6, 6.07) is 1.64. The van der Waals surface area contributed by atoms with Crippen molar-refractivity contribution in [1.82, 2.24) is 15.1 Å². The molecule has 2 aromatic rings. The fourth-order valence-corrected chi connectivity index (χ4v) is 1.19. The second-order valence-corrected chi connectivity index (χ2v) is 2.67. The lowest BCUT2D eigenvalue weighted by atomic mass is 10.2. The lowest BCUT2D eigenvalue weighted by molar-refractivity contribution is 0.422. The van der Waals surface area contributed by atoms with Gasteiger partial charge in [-0.3, -0.25) is 0 Å². The van der Waals surface area contributed by atoms with Crippen molar-refractivity contribution in [3.63, 3.8) is 0 Å². The molecule has 66 valence electrons. The maximum Gasteiger partial charge on any atom is 0.144 e. The zero-order chi connectivity index (χ0) is 9.26. The minimum atomic E-state index is 0.265. The fraction of sp³-hybridized carbons (Fsp3) is 0. The highest BCUT2D eigenvalue weighted by Crippen LogP contribution is 2.28. The Labute approximate surface area is 78.5 Å². The van der Waals surface area contributed by atoms with Crippen LogP contribution in [-0.2, 0) is 0 Å². The lowest BCUT2D eigenvalue weighted by Gasteiger charge is -2.00. The van der Waals surface area contributed by atoms with Crippen LogP contribution in [0.2, 0.25) is 5.15 Å². The first kappa shape index (κ1) is 8.00. The molecule has 0 aliphatic carbocycles. The van der Waals surface area contributed by atoms with Crippen LogP contribution in [0.4, 0.5) is 5.82 Å². The minimum Gasteiger partial charge on any atom is -0.383 e. The maximum absolute atomic E-state index is 5.81. The van der Waals surface area contributed by atoms with Crippen LogP contribution in [-0.4, -0.2) is 15.1 Å². The van der Waals surface area contributed by atoms with Crippen molar-refractivity contribution in [2.75, 3.05) is 5.73 Å². The van der Waals surface area contributed by atoms with Crippen molar-refractivity contribution < 1.29 is 4.52 Å².